The Kier molecular flexibility index (Phi) is 5.40. The Morgan fingerprint density at radius 1 is 1.47 bits per heavy atom. The molecule has 4 heteroatoms. The Morgan fingerprint density at radius 2 is 2.12 bits per heavy atom. The number of nitrogens with zero attached hydrogens (tertiary/aromatic N) is 1. The highest BCUT2D eigenvalue weighted by atomic mass is 16.1. The number of hydrogen-bond acceptors (Lipinski definition) is 3. The lowest BCUT2D eigenvalue weighted by Crippen LogP contribution is -2.61. The quantitative estimate of drug-likeness (QED) is 0.591. The van der Waals surface area contributed by atoms with Crippen LogP contribution in [0, 0.1) is 5.92 Å². The van der Waals surface area contributed by atoms with Crippen LogP contribution in [0.25, 0.3) is 0 Å². The molecule has 0 aliphatic heterocycles. The van der Waals surface area contributed by atoms with Crippen molar-refractivity contribution in [3.8, 4) is 0 Å². The minimum Gasteiger partial charge on any atom is -0.368 e. The molecule has 1 aliphatic rings. The van der Waals surface area contributed by atoms with Gasteiger partial charge >= 0.3 is 0 Å². The van der Waals surface area contributed by atoms with Crippen LogP contribution in [0.1, 0.15) is 39.0 Å². The highest BCUT2D eigenvalue weighted by Crippen LogP contribution is 2.39. The second-order valence-electron chi connectivity index (χ2n) is 5.30. The molecule has 100 valence electrons. The van der Waals surface area contributed by atoms with Crippen molar-refractivity contribution in [2.24, 2.45) is 11.7 Å². The molecule has 1 amide bonds. The van der Waals surface area contributed by atoms with Crippen molar-refractivity contribution in [3.05, 3.63) is 0 Å². The van der Waals surface area contributed by atoms with E-state index in [2.05, 4.69) is 24.2 Å². The molecule has 4 nitrogen and oxygen atoms in total. The zero-order valence-electron chi connectivity index (χ0n) is 11.5. The Hall–Kier alpha value is -0.610. The number of hydrogen-bond donors (Lipinski definition) is 2. The van der Waals surface area contributed by atoms with Gasteiger partial charge in [-0.3, -0.25) is 4.79 Å². The fourth-order valence-electron chi connectivity index (χ4n) is 2.53. The molecule has 0 radical (unpaired) electrons. The first-order chi connectivity index (χ1) is 8.06. The summed E-state index contributed by atoms with van der Waals surface area (Å²) in [4.78, 5) is 14.0. The molecule has 17 heavy (non-hydrogen) atoms. The van der Waals surface area contributed by atoms with Gasteiger partial charge in [0.15, 0.2) is 0 Å². The third-order valence-electron chi connectivity index (χ3n) is 3.82. The van der Waals surface area contributed by atoms with Gasteiger partial charge in [0, 0.05) is 6.54 Å². The number of carbonyl (C=O) groups is 1. The smallest absolute Gasteiger partial charge is 0.239 e. The predicted molar refractivity (Wildman–Crippen MR) is 70.7 cm³/mol. The lowest BCUT2D eigenvalue weighted by Gasteiger charge is -2.34. The second kappa shape index (κ2) is 6.36. The summed E-state index contributed by atoms with van der Waals surface area (Å²) in [6, 6.07) is 0. The van der Waals surface area contributed by atoms with Crippen molar-refractivity contribution < 1.29 is 4.79 Å². The van der Waals surface area contributed by atoms with Gasteiger partial charge in [-0.25, -0.2) is 0 Å². The maximum absolute atomic E-state index is 11.7. The third kappa shape index (κ3) is 3.68. The number of carbonyl (C=O) groups excluding carboxylic acids is 1. The van der Waals surface area contributed by atoms with E-state index in [1.54, 1.807) is 0 Å². The Balaban J connectivity index is 2.51. The molecular formula is C13H27N3O. The molecule has 0 aromatic heterocycles. The second-order valence-corrected chi connectivity index (χ2v) is 5.30. The minimum atomic E-state index is -0.513. The number of nitrogens with two attached hydrogens (primary N) is 1. The van der Waals surface area contributed by atoms with Gasteiger partial charge in [-0.05, 0) is 45.8 Å². The largest absolute Gasteiger partial charge is 0.368 e. The van der Waals surface area contributed by atoms with E-state index in [0.717, 1.165) is 25.9 Å². The summed E-state index contributed by atoms with van der Waals surface area (Å²) in [7, 11) is 3.93. The maximum Gasteiger partial charge on any atom is 0.239 e. The van der Waals surface area contributed by atoms with E-state index in [9.17, 15) is 4.79 Å². The summed E-state index contributed by atoms with van der Waals surface area (Å²) < 4.78 is 0. The van der Waals surface area contributed by atoms with Crippen LogP contribution in [-0.2, 0) is 4.79 Å². The van der Waals surface area contributed by atoms with E-state index in [1.807, 2.05) is 7.05 Å². The molecule has 1 fully saturated rings. The SMILES string of the molecule is CCCCCN(C)CC(NC)(C(N)=O)C1CC1. The van der Waals surface area contributed by atoms with Crippen molar-refractivity contribution in [3.63, 3.8) is 0 Å². The average Bonchev–Trinajstić information content (AvgIpc) is 3.10. The molecule has 0 saturated heterocycles. The van der Waals surface area contributed by atoms with Gasteiger partial charge < -0.3 is 16.0 Å². The summed E-state index contributed by atoms with van der Waals surface area (Å²) in [5.74, 6) is 0.225. The lowest BCUT2D eigenvalue weighted by atomic mass is 9.91. The fraction of sp³-hybridized carbons (Fsp3) is 0.923. The normalized spacial score (nSPS) is 19.3. The molecule has 0 bridgehead atoms. The molecule has 0 aromatic rings. The number of likely N-dealkylation sites (N-methyl/N-ethyl adjacent to an activating group) is 2. The first-order valence-electron chi connectivity index (χ1n) is 6.74. The van der Waals surface area contributed by atoms with Gasteiger partial charge in [0.05, 0.1) is 0 Å². The van der Waals surface area contributed by atoms with Crippen molar-refractivity contribution >= 4 is 5.91 Å². The Bertz CT molecular complexity index is 253. The average molecular weight is 241 g/mol. The molecule has 1 rings (SSSR count). The molecule has 1 saturated carbocycles. The van der Waals surface area contributed by atoms with Gasteiger partial charge in [0.2, 0.25) is 5.91 Å². The molecular weight excluding hydrogens is 214 g/mol. The van der Waals surface area contributed by atoms with Crippen LogP contribution in [0.2, 0.25) is 0 Å². The van der Waals surface area contributed by atoms with Gasteiger partial charge in [0.25, 0.3) is 0 Å². The fourth-order valence-corrected chi connectivity index (χ4v) is 2.53. The highest BCUT2D eigenvalue weighted by Gasteiger charge is 2.49. The number of primary amides is 1. The van der Waals surface area contributed by atoms with Crippen molar-refractivity contribution in [2.75, 3.05) is 27.2 Å². The first-order valence-corrected chi connectivity index (χ1v) is 6.74. The van der Waals surface area contributed by atoms with Crippen LogP contribution >= 0.6 is 0 Å². The summed E-state index contributed by atoms with van der Waals surface area (Å²) in [5.41, 5.74) is 5.09. The molecule has 0 heterocycles. The van der Waals surface area contributed by atoms with Gasteiger partial charge in [-0.1, -0.05) is 19.8 Å². The molecule has 1 aliphatic carbocycles. The zero-order valence-corrected chi connectivity index (χ0v) is 11.5. The molecule has 1 unspecified atom stereocenters. The van der Waals surface area contributed by atoms with Crippen molar-refractivity contribution in [1.29, 1.82) is 0 Å². The van der Waals surface area contributed by atoms with Crippen LogP contribution in [0.4, 0.5) is 0 Å². The van der Waals surface area contributed by atoms with Crippen LogP contribution < -0.4 is 11.1 Å². The topological polar surface area (TPSA) is 58.4 Å². The Morgan fingerprint density at radius 3 is 2.53 bits per heavy atom. The highest BCUT2D eigenvalue weighted by molar-refractivity contribution is 5.85. The van der Waals surface area contributed by atoms with Gasteiger partial charge in [0.1, 0.15) is 5.54 Å². The van der Waals surface area contributed by atoms with E-state index in [1.165, 1.54) is 19.3 Å². The predicted octanol–water partition coefficient (Wildman–Crippen LogP) is 0.962. The summed E-state index contributed by atoms with van der Waals surface area (Å²) >= 11 is 0. The summed E-state index contributed by atoms with van der Waals surface area (Å²) in [6.45, 7) is 3.97. The lowest BCUT2D eigenvalue weighted by molar-refractivity contribution is -0.125. The maximum atomic E-state index is 11.7. The van der Waals surface area contributed by atoms with E-state index < -0.39 is 5.54 Å². The standard InChI is InChI=1S/C13H27N3O/c1-4-5-6-9-16(3)10-13(15-2,12(14)17)11-7-8-11/h11,15H,4-10H2,1-3H3,(H2,14,17). The number of nitrogens with one attached hydrogen (secondary N) is 1. The molecule has 3 N–H and O–H groups in total. The van der Waals surface area contributed by atoms with E-state index in [4.69, 9.17) is 5.73 Å². The molecule has 0 spiro atoms. The number of rotatable bonds is 9. The van der Waals surface area contributed by atoms with E-state index in [-0.39, 0.29) is 5.91 Å². The van der Waals surface area contributed by atoms with Crippen molar-refractivity contribution in [1.82, 2.24) is 10.2 Å². The van der Waals surface area contributed by atoms with E-state index in [0.29, 0.717) is 5.92 Å². The molecule has 0 aromatic carbocycles. The van der Waals surface area contributed by atoms with Crippen LogP contribution in [-0.4, -0.2) is 43.5 Å². The number of amides is 1. The van der Waals surface area contributed by atoms with Gasteiger partial charge in [-0.2, -0.15) is 0 Å². The summed E-state index contributed by atoms with van der Waals surface area (Å²) in [6.07, 6.45) is 5.90. The first kappa shape index (κ1) is 14.5. The monoisotopic (exact) mass is 241 g/mol. The van der Waals surface area contributed by atoms with Gasteiger partial charge in [-0.15, -0.1) is 0 Å². The summed E-state index contributed by atoms with van der Waals surface area (Å²) in [5, 5.41) is 3.18. The number of unbranched alkanes of at least 4 members (excludes halogenated alkanes) is 2. The van der Waals surface area contributed by atoms with Crippen LogP contribution in [0.3, 0.4) is 0 Å². The molecule has 1 atom stereocenters. The van der Waals surface area contributed by atoms with Crippen molar-refractivity contribution in [2.45, 2.75) is 44.6 Å². The minimum absolute atomic E-state index is 0.204. The zero-order chi connectivity index (χ0) is 12.9. The third-order valence-corrected chi connectivity index (χ3v) is 3.82. The van der Waals surface area contributed by atoms with Crippen LogP contribution in [0.15, 0.2) is 0 Å². The van der Waals surface area contributed by atoms with E-state index >= 15 is 0 Å². The van der Waals surface area contributed by atoms with Crippen LogP contribution in [0.5, 0.6) is 0 Å². The Labute approximate surface area is 105 Å².